The Hall–Kier alpha value is -1.38. The Balaban J connectivity index is 2.02. The van der Waals surface area contributed by atoms with Crippen molar-refractivity contribution in [3.05, 3.63) is 60.7 Å². The van der Waals surface area contributed by atoms with E-state index in [1.54, 1.807) is 0 Å². The van der Waals surface area contributed by atoms with Crippen LogP contribution in [0, 0.1) is 5.37 Å². The van der Waals surface area contributed by atoms with Crippen LogP contribution in [-0.2, 0) is 0 Å². The number of benzene rings is 2. The van der Waals surface area contributed by atoms with Gasteiger partial charge in [0.2, 0.25) is 0 Å². The summed E-state index contributed by atoms with van der Waals surface area (Å²) in [6, 6.07) is 21.1. The third-order valence-corrected chi connectivity index (χ3v) is 7.34. The van der Waals surface area contributed by atoms with Gasteiger partial charge in [-0.3, -0.25) is 0 Å². The van der Waals surface area contributed by atoms with E-state index in [9.17, 15) is 0 Å². The summed E-state index contributed by atoms with van der Waals surface area (Å²) in [4.78, 5) is 0. The van der Waals surface area contributed by atoms with E-state index in [2.05, 4.69) is 66.9 Å². The molecular weight excluding hydrogens is 256 g/mol. The van der Waals surface area contributed by atoms with Gasteiger partial charge in [0.25, 0.3) is 0 Å². The average molecular weight is 269 g/mol. The van der Waals surface area contributed by atoms with Gasteiger partial charge in [-0.15, -0.1) is 0 Å². The van der Waals surface area contributed by atoms with E-state index >= 15 is 0 Å². The topological polar surface area (TPSA) is 12.4 Å². The summed E-state index contributed by atoms with van der Waals surface area (Å²) in [5, 5.41) is 6.35. The molecule has 0 amide bonds. The second-order valence-electron chi connectivity index (χ2n) is 4.07. The van der Waals surface area contributed by atoms with Crippen LogP contribution in [0.15, 0.2) is 65.4 Å². The van der Waals surface area contributed by atoms with Crippen LogP contribution in [0.4, 0.5) is 0 Å². The third-order valence-electron chi connectivity index (χ3n) is 2.78. The number of hydrogen-bond donors (Lipinski definition) is 0. The van der Waals surface area contributed by atoms with Gasteiger partial charge >= 0.3 is 0 Å². The van der Waals surface area contributed by atoms with Gasteiger partial charge in [-0.1, -0.05) is 66.0 Å². The van der Waals surface area contributed by atoms with Gasteiger partial charge in [0.05, 0.1) is 5.45 Å². The summed E-state index contributed by atoms with van der Waals surface area (Å²) >= 11 is 0. The van der Waals surface area contributed by atoms with Crippen LogP contribution >= 0.6 is 15.4 Å². The molecule has 0 fully saturated rings. The zero-order chi connectivity index (χ0) is 12.4. The van der Waals surface area contributed by atoms with E-state index in [1.807, 2.05) is 6.07 Å². The van der Waals surface area contributed by atoms with Crippen LogP contribution in [0.5, 0.6) is 0 Å². The molecule has 0 saturated carbocycles. The molecule has 2 aromatic carbocycles. The Kier molecular flexibility index (Phi) is 3.31. The molecule has 3 rings (SSSR count). The standard InChI is InChI=1S/C15H13NP2/c1-13-16-18(15-10-6-3-7-11-15)12-17(13)14-8-4-2-5-9-14/h2-11H,1H3. The van der Waals surface area contributed by atoms with Gasteiger partial charge in [0.15, 0.2) is 0 Å². The van der Waals surface area contributed by atoms with Crippen molar-refractivity contribution in [2.24, 2.45) is 4.76 Å². The zero-order valence-corrected chi connectivity index (χ0v) is 11.9. The van der Waals surface area contributed by atoms with Gasteiger partial charge in [-0.25, -0.2) is 4.76 Å². The highest BCUT2D eigenvalue weighted by Gasteiger charge is 2.16. The van der Waals surface area contributed by atoms with Crippen molar-refractivity contribution in [1.82, 2.24) is 0 Å². The van der Waals surface area contributed by atoms with Crippen molar-refractivity contribution in [1.29, 1.82) is 0 Å². The number of hydrogen-bond acceptors (Lipinski definition) is 1. The molecule has 88 valence electrons. The molecule has 2 atom stereocenters. The lowest BCUT2D eigenvalue weighted by molar-refractivity contribution is 1.75. The van der Waals surface area contributed by atoms with Crippen molar-refractivity contribution < 1.29 is 0 Å². The first-order chi connectivity index (χ1) is 8.84. The average Bonchev–Trinajstić information content (AvgIpc) is 2.83. The summed E-state index contributed by atoms with van der Waals surface area (Å²) in [5.74, 6) is 0. The summed E-state index contributed by atoms with van der Waals surface area (Å²) in [7, 11) is -1.01. The number of rotatable bonds is 1. The van der Waals surface area contributed by atoms with Crippen molar-refractivity contribution in [3.8, 4) is 5.37 Å². The minimum atomic E-state index is -0.576. The smallest absolute Gasteiger partial charge is 0.121 e. The van der Waals surface area contributed by atoms with E-state index in [1.165, 1.54) is 16.1 Å². The minimum Gasteiger partial charge on any atom is -0.243 e. The molecule has 1 aliphatic heterocycles. The normalized spacial score (nSPS) is 19.9. The fraction of sp³-hybridized carbons (Fsp3) is 0.0667. The molecule has 0 bridgehead atoms. The summed E-state index contributed by atoms with van der Waals surface area (Å²) in [6.45, 7) is 2.14. The van der Waals surface area contributed by atoms with Crippen LogP contribution in [0.1, 0.15) is 6.92 Å². The summed E-state index contributed by atoms with van der Waals surface area (Å²) in [6.07, 6.45) is 0. The lowest BCUT2D eigenvalue weighted by atomic mass is 10.4. The molecule has 0 aliphatic carbocycles. The van der Waals surface area contributed by atoms with Crippen molar-refractivity contribution in [2.75, 3.05) is 0 Å². The highest BCUT2D eigenvalue weighted by atomic mass is 31.2. The SMILES string of the molecule is CC1=NP(c2ccccc2)C#P1c1ccccc1. The second-order valence-corrected chi connectivity index (χ2v) is 8.04. The Labute approximate surface area is 109 Å². The predicted octanol–water partition coefficient (Wildman–Crippen LogP) is 3.86. The second kappa shape index (κ2) is 5.09. The maximum absolute atomic E-state index is 4.82. The Morgan fingerprint density at radius 3 is 2.00 bits per heavy atom. The van der Waals surface area contributed by atoms with E-state index in [0.717, 1.165) is 0 Å². The molecule has 3 heteroatoms. The van der Waals surface area contributed by atoms with Crippen LogP contribution in [-0.4, -0.2) is 5.45 Å². The van der Waals surface area contributed by atoms with Gasteiger partial charge in [0.1, 0.15) is 8.07 Å². The lowest BCUT2D eigenvalue weighted by Crippen LogP contribution is -1.96. The van der Waals surface area contributed by atoms with Crippen molar-refractivity contribution >= 4 is 31.5 Å². The van der Waals surface area contributed by atoms with Crippen molar-refractivity contribution in [3.63, 3.8) is 0 Å². The zero-order valence-electron chi connectivity index (χ0n) is 10.1. The molecule has 0 saturated heterocycles. The van der Waals surface area contributed by atoms with Crippen LogP contribution < -0.4 is 10.6 Å². The lowest BCUT2D eigenvalue weighted by Gasteiger charge is -2.01. The predicted molar refractivity (Wildman–Crippen MR) is 83.0 cm³/mol. The monoisotopic (exact) mass is 269 g/mol. The Morgan fingerprint density at radius 1 is 0.833 bits per heavy atom. The fourth-order valence-corrected chi connectivity index (χ4v) is 6.65. The molecule has 1 heterocycles. The molecule has 0 aromatic heterocycles. The van der Waals surface area contributed by atoms with E-state index < -0.39 is 15.4 Å². The summed E-state index contributed by atoms with van der Waals surface area (Å²) < 4.78 is 4.82. The third kappa shape index (κ3) is 2.26. The van der Waals surface area contributed by atoms with Crippen molar-refractivity contribution in [2.45, 2.75) is 6.92 Å². The maximum Gasteiger partial charge on any atom is 0.121 e. The van der Waals surface area contributed by atoms with Gasteiger partial charge in [-0.05, 0) is 14.3 Å². The highest BCUT2D eigenvalue weighted by Crippen LogP contribution is 2.46. The van der Waals surface area contributed by atoms with E-state index in [-0.39, 0.29) is 0 Å². The van der Waals surface area contributed by atoms with Crippen LogP contribution in [0.2, 0.25) is 0 Å². The van der Waals surface area contributed by atoms with Crippen LogP contribution in [0.25, 0.3) is 0 Å². The molecule has 1 nitrogen and oxygen atoms in total. The molecular formula is C15H13NP2. The Morgan fingerprint density at radius 2 is 1.39 bits per heavy atom. The molecule has 18 heavy (non-hydrogen) atoms. The first-order valence-electron chi connectivity index (χ1n) is 5.86. The fourth-order valence-electron chi connectivity index (χ4n) is 1.89. The van der Waals surface area contributed by atoms with Gasteiger partial charge in [0, 0.05) is 10.6 Å². The molecule has 2 unspecified atom stereocenters. The minimum absolute atomic E-state index is 0.436. The van der Waals surface area contributed by atoms with Gasteiger partial charge in [-0.2, -0.15) is 0 Å². The molecule has 0 N–H and O–H groups in total. The van der Waals surface area contributed by atoms with Gasteiger partial charge < -0.3 is 0 Å². The first kappa shape index (κ1) is 11.7. The molecule has 1 aliphatic rings. The van der Waals surface area contributed by atoms with Crippen LogP contribution in [0.3, 0.4) is 0 Å². The highest BCUT2D eigenvalue weighted by molar-refractivity contribution is 7.86. The quantitative estimate of drug-likeness (QED) is 0.697. The molecule has 0 radical (unpaired) electrons. The largest absolute Gasteiger partial charge is 0.243 e. The molecule has 0 spiro atoms. The summed E-state index contributed by atoms with van der Waals surface area (Å²) in [5.41, 5.74) is 1.24. The van der Waals surface area contributed by atoms with E-state index in [0.29, 0.717) is 0 Å². The molecule has 2 aromatic rings. The van der Waals surface area contributed by atoms with E-state index in [4.69, 9.17) is 4.76 Å². The number of nitrogens with zero attached hydrogens (tertiary/aromatic N) is 1. The first-order valence-corrected chi connectivity index (χ1v) is 8.50. The Bertz CT molecular complexity index is 663. The maximum atomic E-state index is 4.82.